The second-order valence-corrected chi connectivity index (χ2v) is 8.06. The molecule has 0 aromatic heterocycles. The van der Waals surface area contributed by atoms with Crippen molar-refractivity contribution in [2.45, 2.75) is 57.2 Å². The lowest BCUT2D eigenvalue weighted by Gasteiger charge is -2.46. The summed E-state index contributed by atoms with van der Waals surface area (Å²) in [6, 6.07) is 5.02. The fourth-order valence-electron chi connectivity index (χ4n) is 3.67. The van der Waals surface area contributed by atoms with E-state index in [1.807, 2.05) is 20.8 Å². The minimum Gasteiger partial charge on any atom is -0.508 e. The van der Waals surface area contributed by atoms with E-state index >= 15 is 0 Å². The van der Waals surface area contributed by atoms with Crippen LogP contribution in [0, 0.1) is 0 Å². The van der Waals surface area contributed by atoms with E-state index < -0.39 is 5.60 Å². The number of fused-ring (bicyclic) bond motifs is 1. The first kappa shape index (κ1) is 17.9. The maximum absolute atomic E-state index is 12.2. The summed E-state index contributed by atoms with van der Waals surface area (Å²) in [5.41, 5.74) is -0.0329. The molecule has 25 heavy (non-hydrogen) atoms. The molecule has 2 heterocycles. The molecule has 2 aliphatic rings. The van der Waals surface area contributed by atoms with Crippen LogP contribution in [0.2, 0.25) is 0 Å². The lowest BCUT2D eigenvalue weighted by molar-refractivity contribution is -0.0360. The number of hydrogen-bond donors (Lipinski definition) is 2. The van der Waals surface area contributed by atoms with Crippen LogP contribution in [0.3, 0.4) is 0 Å². The number of piperidine rings is 1. The number of aromatic hydroxyl groups is 1. The Bertz CT molecular complexity index is 644. The molecule has 0 aliphatic carbocycles. The average Bonchev–Trinajstić information content (AvgIpc) is 2.53. The first-order valence-electron chi connectivity index (χ1n) is 8.82. The molecule has 1 saturated heterocycles. The number of rotatable bonds is 1. The number of benzene rings is 1. The van der Waals surface area contributed by atoms with Crippen molar-refractivity contribution >= 4 is 6.09 Å². The van der Waals surface area contributed by atoms with Crippen molar-refractivity contribution in [3.63, 3.8) is 0 Å². The highest BCUT2D eigenvalue weighted by molar-refractivity contribution is 5.68. The molecule has 3 rings (SSSR count). The predicted molar refractivity (Wildman–Crippen MR) is 93.0 cm³/mol. The Morgan fingerprint density at radius 3 is 2.64 bits per heavy atom. The molecule has 0 bridgehead atoms. The Kier molecular flexibility index (Phi) is 4.58. The highest BCUT2D eigenvalue weighted by atomic mass is 16.6. The van der Waals surface area contributed by atoms with Crippen LogP contribution in [0.1, 0.15) is 51.5 Å². The largest absolute Gasteiger partial charge is 0.508 e. The van der Waals surface area contributed by atoms with Crippen LogP contribution < -0.4 is 4.74 Å². The maximum Gasteiger partial charge on any atom is 0.410 e. The number of phenols is 1. The van der Waals surface area contributed by atoms with Gasteiger partial charge in [-0.3, -0.25) is 0 Å². The van der Waals surface area contributed by atoms with Crippen LogP contribution in [0.15, 0.2) is 18.2 Å². The molecule has 1 fully saturated rings. The normalized spacial score (nSPS) is 22.2. The van der Waals surface area contributed by atoms with Gasteiger partial charge in [0.15, 0.2) is 0 Å². The quantitative estimate of drug-likeness (QED) is 0.815. The van der Waals surface area contributed by atoms with Crippen molar-refractivity contribution < 1.29 is 24.5 Å². The number of ether oxygens (including phenoxy) is 2. The summed E-state index contributed by atoms with van der Waals surface area (Å²) < 4.78 is 11.7. The number of carbonyl (C=O) groups excluding carboxylic acids is 1. The summed E-state index contributed by atoms with van der Waals surface area (Å²) >= 11 is 0. The molecule has 6 heteroatoms. The van der Waals surface area contributed by atoms with Gasteiger partial charge in [0.05, 0.1) is 6.61 Å². The zero-order valence-electron chi connectivity index (χ0n) is 15.1. The topological polar surface area (TPSA) is 79.2 Å². The van der Waals surface area contributed by atoms with Crippen LogP contribution >= 0.6 is 0 Å². The van der Waals surface area contributed by atoms with Crippen molar-refractivity contribution in [3.8, 4) is 11.5 Å². The second-order valence-electron chi connectivity index (χ2n) is 8.06. The van der Waals surface area contributed by atoms with E-state index in [1.165, 1.54) is 0 Å². The molecule has 0 saturated carbocycles. The Hall–Kier alpha value is -1.95. The second kappa shape index (κ2) is 6.41. The lowest BCUT2D eigenvalue weighted by Crippen LogP contribution is -2.52. The molecule has 0 radical (unpaired) electrons. The number of aliphatic hydroxyl groups excluding tert-OH is 1. The van der Waals surface area contributed by atoms with Gasteiger partial charge in [-0.1, -0.05) is 0 Å². The van der Waals surface area contributed by atoms with Gasteiger partial charge in [-0.05, 0) is 45.4 Å². The number of phenolic OH excluding ortho intramolecular Hbond substituents is 1. The van der Waals surface area contributed by atoms with Crippen molar-refractivity contribution in [2.75, 3.05) is 19.7 Å². The zero-order chi connectivity index (χ0) is 18.2. The Morgan fingerprint density at radius 2 is 2.04 bits per heavy atom. The van der Waals surface area contributed by atoms with E-state index in [1.54, 1.807) is 23.1 Å². The zero-order valence-corrected chi connectivity index (χ0v) is 15.1. The third kappa shape index (κ3) is 3.84. The van der Waals surface area contributed by atoms with E-state index in [-0.39, 0.29) is 30.0 Å². The Balaban J connectivity index is 1.71. The van der Waals surface area contributed by atoms with Gasteiger partial charge in [0, 0.05) is 37.4 Å². The SMILES string of the molecule is CC(C)(C)OC(=O)N1CCC2(CC1)CC(CO)c1cc(O)ccc1O2. The number of nitrogens with zero attached hydrogens (tertiary/aromatic N) is 1. The highest BCUT2D eigenvalue weighted by Crippen LogP contribution is 2.46. The van der Waals surface area contributed by atoms with Crippen molar-refractivity contribution in [1.29, 1.82) is 0 Å². The third-order valence-electron chi connectivity index (χ3n) is 4.92. The molecule has 1 atom stereocenters. The van der Waals surface area contributed by atoms with Gasteiger partial charge in [0.25, 0.3) is 0 Å². The van der Waals surface area contributed by atoms with Crippen molar-refractivity contribution in [1.82, 2.24) is 4.90 Å². The summed E-state index contributed by atoms with van der Waals surface area (Å²) in [7, 11) is 0. The van der Waals surface area contributed by atoms with Crippen LogP contribution in [0.5, 0.6) is 11.5 Å². The van der Waals surface area contributed by atoms with E-state index in [9.17, 15) is 15.0 Å². The monoisotopic (exact) mass is 349 g/mol. The van der Waals surface area contributed by atoms with Gasteiger partial charge in [-0.2, -0.15) is 0 Å². The molecule has 1 spiro atoms. The highest BCUT2D eigenvalue weighted by Gasteiger charge is 2.44. The van der Waals surface area contributed by atoms with Crippen LogP contribution in [0.4, 0.5) is 4.79 Å². The van der Waals surface area contributed by atoms with Gasteiger partial charge < -0.3 is 24.6 Å². The van der Waals surface area contributed by atoms with E-state index in [0.717, 1.165) is 5.56 Å². The summed E-state index contributed by atoms with van der Waals surface area (Å²) in [4.78, 5) is 14.0. The van der Waals surface area contributed by atoms with Crippen LogP contribution in [0.25, 0.3) is 0 Å². The van der Waals surface area contributed by atoms with Crippen LogP contribution in [-0.4, -0.2) is 52.1 Å². The molecular weight excluding hydrogens is 322 g/mol. The van der Waals surface area contributed by atoms with Crippen molar-refractivity contribution in [2.24, 2.45) is 0 Å². The number of carbonyl (C=O) groups is 1. The number of likely N-dealkylation sites (tertiary alicyclic amines) is 1. The maximum atomic E-state index is 12.2. The van der Waals surface area contributed by atoms with E-state index in [2.05, 4.69) is 0 Å². The van der Waals surface area contributed by atoms with Gasteiger partial charge in [0.1, 0.15) is 22.7 Å². The number of amides is 1. The first-order chi connectivity index (χ1) is 11.7. The van der Waals surface area contributed by atoms with E-state index in [4.69, 9.17) is 9.47 Å². The summed E-state index contributed by atoms with van der Waals surface area (Å²) in [6.07, 6.45) is 1.79. The molecule has 2 N–H and O–H groups in total. The number of hydrogen-bond acceptors (Lipinski definition) is 5. The molecule has 1 aromatic carbocycles. The predicted octanol–water partition coefficient (Wildman–Crippen LogP) is 3.02. The van der Waals surface area contributed by atoms with E-state index in [0.29, 0.717) is 38.1 Å². The Labute approximate surface area is 148 Å². The first-order valence-corrected chi connectivity index (χ1v) is 8.82. The molecule has 6 nitrogen and oxygen atoms in total. The lowest BCUT2D eigenvalue weighted by atomic mass is 9.77. The molecule has 1 unspecified atom stereocenters. The molecule has 1 amide bonds. The fraction of sp³-hybridized carbons (Fsp3) is 0.632. The smallest absolute Gasteiger partial charge is 0.410 e. The molecule has 2 aliphatic heterocycles. The molecular formula is C19H27NO5. The standard InChI is InChI=1S/C19H27NO5/c1-18(2,3)25-17(23)20-8-6-19(7-9-20)11-13(12-21)15-10-14(22)4-5-16(15)24-19/h4-5,10,13,21-22H,6-9,11-12H2,1-3H3. The van der Waals surface area contributed by atoms with Gasteiger partial charge >= 0.3 is 6.09 Å². The number of aliphatic hydroxyl groups is 1. The minimum atomic E-state index is -0.503. The fourth-order valence-corrected chi connectivity index (χ4v) is 3.67. The van der Waals surface area contributed by atoms with Crippen molar-refractivity contribution in [3.05, 3.63) is 23.8 Å². The third-order valence-corrected chi connectivity index (χ3v) is 4.92. The Morgan fingerprint density at radius 1 is 1.36 bits per heavy atom. The van der Waals surface area contributed by atoms with Gasteiger partial charge in [-0.25, -0.2) is 4.79 Å². The molecule has 138 valence electrons. The average molecular weight is 349 g/mol. The summed E-state index contributed by atoms with van der Waals surface area (Å²) in [5.74, 6) is 0.828. The summed E-state index contributed by atoms with van der Waals surface area (Å²) in [5, 5.41) is 19.5. The van der Waals surface area contributed by atoms with Gasteiger partial charge in [-0.15, -0.1) is 0 Å². The molecule has 1 aromatic rings. The van der Waals surface area contributed by atoms with Crippen LogP contribution in [-0.2, 0) is 4.74 Å². The summed E-state index contributed by atoms with van der Waals surface area (Å²) in [6.45, 7) is 6.73. The van der Waals surface area contributed by atoms with Gasteiger partial charge in [0.2, 0.25) is 0 Å². The minimum absolute atomic E-state index is 0.0113.